The van der Waals surface area contributed by atoms with Gasteiger partial charge in [0.1, 0.15) is 11.6 Å². The van der Waals surface area contributed by atoms with Crippen LogP contribution in [0.1, 0.15) is 24.1 Å². The Morgan fingerprint density at radius 1 is 1.11 bits per heavy atom. The van der Waals surface area contributed by atoms with Crippen molar-refractivity contribution in [3.63, 3.8) is 0 Å². The smallest absolute Gasteiger partial charge is 0.147 e. The first kappa shape index (κ1) is 13.8. The molecular formula is C15H14ClF2N. The van der Waals surface area contributed by atoms with Gasteiger partial charge in [0.15, 0.2) is 0 Å². The van der Waals surface area contributed by atoms with Crippen LogP contribution in [0.5, 0.6) is 0 Å². The molecular weight excluding hydrogens is 268 g/mol. The maximum Gasteiger partial charge on any atom is 0.147 e. The number of benzene rings is 2. The zero-order chi connectivity index (χ0) is 14.0. The van der Waals surface area contributed by atoms with Crippen LogP contribution in [0, 0.1) is 18.6 Å². The summed E-state index contributed by atoms with van der Waals surface area (Å²) in [5.74, 6) is -0.697. The molecule has 100 valence electrons. The third-order valence-electron chi connectivity index (χ3n) is 3.02. The molecule has 0 radical (unpaired) electrons. The number of rotatable bonds is 3. The van der Waals surface area contributed by atoms with E-state index in [1.807, 2.05) is 13.0 Å². The first-order valence-electron chi connectivity index (χ1n) is 5.95. The quantitative estimate of drug-likeness (QED) is 0.825. The second kappa shape index (κ2) is 5.57. The Kier molecular flexibility index (Phi) is 4.05. The van der Waals surface area contributed by atoms with Crippen LogP contribution >= 0.6 is 11.6 Å². The van der Waals surface area contributed by atoms with E-state index in [-0.39, 0.29) is 17.5 Å². The van der Waals surface area contributed by atoms with Crippen molar-refractivity contribution in [2.75, 3.05) is 5.32 Å². The first-order valence-corrected chi connectivity index (χ1v) is 6.33. The molecule has 4 heteroatoms. The second-order valence-electron chi connectivity index (χ2n) is 4.47. The van der Waals surface area contributed by atoms with Crippen molar-refractivity contribution >= 4 is 17.3 Å². The third kappa shape index (κ3) is 3.04. The lowest BCUT2D eigenvalue weighted by atomic mass is 10.1. The van der Waals surface area contributed by atoms with E-state index in [0.717, 1.165) is 5.56 Å². The molecule has 0 aliphatic heterocycles. The lowest BCUT2D eigenvalue weighted by Gasteiger charge is -2.17. The van der Waals surface area contributed by atoms with Crippen LogP contribution in [-0.2, 0) is 0 Å². The molecule has 0 bridgehead atoms. The van der Waals surface area contributed by atoms with Crippen molar-refractivity contribution in [3.05, 3.63) is 64.2 Å². The largest absolute Gasteiger partial charge is 0.375 e. The van der Waals surface area contributed by atoms with Gasteiger partial charge in [-0.3, -0.25) is 0 Å². The number of halogens is 3. The van der Waals surface area contributed by atoms with E-state index in [9.17, 15) is 8.78 Å². The lowest BCUT2D eigenvalue weighted by molar-refractivity contribution is 0.613. The summed E-state index contributed by atoms with van der Waals surface area (Å²) in [4.78, 5) is 0. The van der Waals surface area contributed by atoms with Gasteiger partial charge in [0, 0.05) is 6.04 Å². The predicted molar refractivity (Wildman–Crippen MR) is 74.6 cm³/mol. The van der Waals surface area contributed by atoms with Crippen LogP contribution in [-0.4, -0.2) is 0 Å². The summed E-state index contributed by atoms with van der Waals surface area (Å²) >= 11 is 5.94. The SMILES string of the molecule is Cc1ccc(C(C)Nc2c(F)cccc2Cl)cc1F. The van der Waals surface area contributed by atoms with E-state index in [1.165, 1.54) is 12.1 Å². The van der Waals surface area contributed by atoms with Gasteiger partial charge in [-0.05, 0) is 43.2 Å². The van der Waals surface area contributed by atoms with Gasteiger partial charge >= 0.3 is 0 Å². The number of hydrogen-bond donors (Lipinski definition) is 1. The van der Waals surface area contributed by atoms with Crippen molar-refractivity contribution in [2.24, 2.45) is 0 Å². The van der Waals surface area contributed by atoms with Crippen molar-refractivity contribution in [1.29, 1.82) is 0 Å². The highest BCUT2D eigenvalue weighted by Crippen LogP contribution is 2.29. The standard InChI is InChI=1S/C15H14ClF2N/c1-9-6-7-11(8-14(9)18)10(2)19-15-12(16)4-3-5-13(15)17/h3-8,10,19H,1-2H3. The average molecular weight is 282 g/mol. The monoisotopic (exact) mass is 281 g/mol. The van der Waals surface area contributed by atoms with Gasteiger partial charge in [0.25, 0.3) is 0 Å². The molecule has 2 aromatic rings. The molecule has 1 nitrogen and oxygen atoms in total. The van der Waals surface area contributed by atoms with Crippen molar-refractivity contribution in [2.45, 2.75) is 19.9 Å². The molecule has 2 aromatic carbocycles. The van der Waals surface area contributed by atoms with E-state index in [0.29, 0.717) is 10.6 Å². The fraction of sp³-hybridized carbons (Fsp3) is 0.200. The summed E-state index contributed by atoms with van der Waals surface area (Å²) < 4.78 is 27.2. The van der Waals surface area contributed by atoms with E-state index in [4.69, 9.17) is 11.6 Å². The highest BCUT2D eigenvalue weighted by Gasteiger charge is 2.12. The Morgan fingerprint density at radius 3 is 2.47 bits per heavy atom. The highest BCUT2D eigenvalue weighted by atomic mass is 35.5. The number of para-hydroxylation sites is 1. The predicted octanol–water partition coefficient (Wildman–Crippen LogP) is 5.10. The number of hydrogen-bond acceptors (Lipinski definition) is 1. The van der Waals surface area contributed by atoms with Gasteiger partial charge in [-0.2, -0.15) is 0 Å². The van der Waals surface area contributed by atoms with Crippen LogP contribution in [0.4, 0.5) is 14.5 Å². The first-order chi connectivity index (χ1) is 8.99. The molecule has 19 heavy (non-hydrogen) atoms. The van der Waals surface area contributed by atoms with Crippen LogP contribution in [0.3, 0.4) is 0 Å². The minimum absolute atomic E-state index is 0.234. The molecule has 1 unspecified atom stereocenters. The summed E-state index contributed by atoms with van der Waals surface area (Å²) in [6.07, 6.45) is 0. The normalized spacial score (nSPS) is 12.3. The molecule has 0 heterocycles. The van der Waals surface area contributed by atoms with Gasteiger partial charge in [-0.1, -0.05) is 29.8 Å². The zero-order valence-corrected chi connectivity index (χ0v) is 11.4. The molecule has 0 spiro atoms. The van der Waals surface area contributed by atoms with Gasteiger partial charge in [-0.25, -0.2) is 8.78 Å². The minimum atomic E-state index is -0.424. The van der Waals surface area contributed by atoms with Gasteiger partial charge < -0.3 is 5.32 Å². The Balaban J connectivity index is 2.25. The maximum atomic E-state index is 13.6. The summed E-state index contributed by atoms with van der Waals surface area (Å²) in [6, 6.07) is 9.19. The molecule has 0 fully saturated rings. The number of anilines is 1. The molecule has 1 N–H and O–H groups in total. The fourth-order valence-electron chi connectivity index (χ4n) is 1.81. The molecule has 1 atom stereocenters. The fourth-order valence-corrected chi connectivity index (χ4v) is 2.03. The summed E-state index contributed by atoms with van der Waals surface area (Å²) in [5, 5.41) is 3.27. The summed E-state index contributed by atoms with van der Waals surface area (Å²) in [5.41, 5.74) is 1.56. The Labute approximate surface area is 116 Å². The van der Waals surface area contributed by atoms with E-state index < -0.39 is 5.82 Å². The van der Waals surface area contributed by atoms with E-state index >= 15 is 0 Å². The summed E-state index contributed by atoms with van der Waals surface area (Å²) in [6.45, 7) is 3.53. The van der Waals surface area contributed by atoms with E-state index in [2.05, 4.69) is 5.32 Å². The zero-order valence-electron chi connectivity index (χ0n) is 10.7. The molecule has 0 aromatic heterocycles. The molecule has 0 aliphatic rings. The minimum Gasteiger partial charge on any atom is -0.375 e. The van der Waals surface area contributed by atoms with Gasteiger partial charge in [-0.15, -0.1) is 0 Å². The van der Waals surface area contributed by atoms with Crippen LogP contribution < -0.4 is 5.32 Å². The van der Waals surface area contributed by atoms with Crippen LogP contribution in [0.25, 0.3) is 0 Å². The highest BCUT2D eigenvalue weighted by molar-refractivity contribution is 6.33. The number of aryl methyl sites for hydroxylation is 1. The average Bonchev–Trinajstić information content (AvgIpc) is 2.37. The Morgan fingerprint density at radius 2 is 1.84 bits per heavy atom. The molecule has 0 saturated heterocycles. The van der Waals surface area contributed by atoms with Crippen LogP contribution in [0.2, 0.25) is 5.02 Å². The van der Waals surface area contributed by atoms with E-state index in [1.54, 1.807) is 25.1 Å². The van der Waals surface area contributed by atoms with Crippen molar-refractivity contribution in [3.8, 4) is 0 Å². The topological polar surface area (TPSA) is 12.0 Å². The molecule has 0 amide bonds. The van der Waals surface area contributed by atoms with Gasteiger partial charge in [0.2, 0.25) is 0 Å². The Hall–Kier alpha value is -1.61. The lowest BCUT2D eigenvalue weighted by Crippen LogP contribution is -2.09. The summed E-state index contributed by atoms with van der Waals surface area (Å²) in [7, 11) is 0. The van der Waals surface area contributed by atoms with Crippen LogP contribution in [0.15, 0.2) is 36.4 Å². The van der Waals surface area contributed by atoms with Crippen molar-refractivity contribution in [1.82, 2.24) is 0 Å². The Bertz CT molecular complexity index is 578. The third-order valence-corrected chi connectivity index (χ3v) is 3.33. The number of nitrogens with one attached hydrogen (secondary N) is 1. The molecule has 0 saturated carbocycles. The second-order valence-corrected chi connectivity index (χ2v) is 4.88. The molecule has 2 rings (SSSR count). The molecule has 0 aliphatic carbocycles. The maximum absolute atomic E-state index is 13.6. The van der Waals surface area contributed by atoms with Crippen molar-refractivity contribution < 1.29 is 8.78 Å². The van der Waals surface area contributed by atoms with Gasteiger partial charge in [0.05, 0.1) is 10.7 Å².